The highest BCUT2D eigenvalue weighted by Crippen LogP contribution is 2.39. The maximum absolute atomic E-state index is 12.9. The van der Waals surface area contributed by atoms with Crippen LogP contribution in [0.25, 0.3) is 0 Å². The maximum atomic E-state index is 12.9. The van der Waals surface area contributed by atoms with Crippen LogP contribution in [0.15, 0.2) is 23.1 Å². The van der Waals surface area contributed by atoms with Gasteiger partial charge < -0.3 is 4.90 Å². The number of hydrogen-bond donors (Lipinski definition) is 1. The molecule has 1 aromatic rings. The van der Waals surface area contributed by atoms with E-state index in [0.29, 0.717) is 10.8 Å². The van der Waals surface area contributed by atoms with Crippen LogP contribution < -0.4 is 9.62 Å². The molecule has 1 amide bonds. The number of sulfonamides is 1. The van der Waals surface area contributed by atoms with E-state index < -0.39 is 10.0 Å². The van der Waals surface area contributed by atoms with E-state index in [1.807, 2.05) is 17.9 Å². The Morgan fingerprint density at radius 3 is 2.54 bits per heavy atom. The van der Waals surface area contributed by atoms with E-state index in [-0.39, 0.29) is 23.9 Å². The first-order valence-electron chi connectivity index (χ1n) is 9.85. The lowest BCUT2D eigenvalue weighted by atomic mass is 9.87. The van der Waals surface area contributed by atoms with Gasteiger partial charge in [-0.25, -0.2) is 13.1 Å². The number of nitrogens with one attached hydrogen (secondary N) is 1. The van der Waals surface area contributed by atoms with Crippen molar-refractivity contribution in [2.24, 2.45) is 11.8 Å². The van der Waals surface area contributed by atoms with Gasteiger partial charge in [0.1, 0.15) is 0 Å². The summed E-state index contributed by atoms with van der Waals surface area (Å²) in [6, 6.07) is 5.36. The van der Waals surface area contributed by atoms with E-state index in [2.05, 4.69) is 11.6 Å². The number of carbonyl (C=O) groups excluding carboxylic acids is 1. The summed E-state index contributed by atoms with van der Waals surface area (Å²) in [5.41, 5.74) is 1.85. The molecule has 2 aliphatic carbocycles. The normalized spacial score (nSPS) is 28.8. The SMILES string of the molecule is C[C@@H]1CCCC[C@H]1NS(=O)(=O)c1ccc2c(c1)C[C@H](C)N2C(=O)C1CC1. The summed E-state index contributed by atoms with van der Waals surface area (Å²) >= 11 is 0. The molecule has 0 spiro atoms. The van der Waals surface area contributed by atoms with Gasteiger partial charge in [-0.1, -0.05) is 19.8 Å². The van der Waals surface area contributed by atoms with Crippen LogP contribution in [0, 0.1) is 11.8 Å². The molecule has 3 atom stereocenters. The highest BCUT2D eigenvalue weighted by atomic mass is 32.2. The third-order valence-electron chi connectivity index (χ3n) is 6.16. The smallest absolute Gasteiger partial charge is 0.240 e. The topological polar surface area (TPSA) is 66.5 Å². The standard InChI is InChI=1S/C20H28N2O3S/c1-13-5-3-4-6-18(13)21-26(24,25)17-9-10-19-16(12-17)11-14(2)22(19)20(23)15-7-8-15/h9-10,12-15,18,21H,3-8,11H2,1-2H3/t13-,14+,18-/m1/s1. The summed E-state index contributed by atoms with van der Waals surface area (Å²) in [6.07, 6.45) is 6.93. The largest absolute Gasteiger partial charge is 0.309 e. The van der Waals surface area contributed by atoms with Crippen molar-refractivity contribution >= 4 is 21.6 Å². The van der Waals surface area contributed by atoms with Crippen molar-refractivity contribution in [2.45, 2.75) is 75.8 Å². The average molecular weight is 377 g/mol. The van der Waals surface area contributed by atoms with Crippen LogP contribution in [0.1, 0.15) is 57.9 Å². The zero-order valence-electron chi connectivity index (χ0n) is 15.6. The molecule has 2 saturated carbocycles. The first-order valence-corrected chi connectivity index (χ1v) is 11.3. The van der Waals surface area contributed by atoms with Gasteiger partial charge in [0.15, 0.2) is 0 Å². The monoisotopic (exact) mass is 376 g/mol. The van der Waals surface area contributed by atoms with E-state index >= 15 is 0 Å². The van der Waals surface area contributed by atoms with Gasteiger partial charge >= 0.3 is 0 Å². The van der Waals surface area contributed by atoms with Crippen molar-refractivity contribution in [3.8, 4) is 0 Å². The van der Waals surface area contributed by atoms with Crippen LogP contribution in [0.2, 0.25) is 0 Å². The fourth-order valence-electron chi connectivity index (χ4n) is 4.40. The molecule has 26 heavy (non-hydrogen) atoms. The van der Waals surface area contributed by atoms with Crippen molar-refractivity contribution in [2.75, 3.05) is 4.90 Å². The van der Waals surface area contributed by atoms with Gasteiger partial charge in [-0.3, -0.25) is 4.79 Å². The Hall–Kier alpha value is -1.40. The number of fused-ring (bicyclic) bond motifs is 1. The van der Waals surface area contributed by atoms with Crippen LogP contribution in [0.4, 0.5) is 5.69 Å². The predicted molar refractivity (Wildman–Crippen MR) is 102 cm³/mol. The second kappa shape index (κ2) is 6.64. The number of amides is 1. The van der Waals surface area contributed by atoms with Crippen LogP contribution in [-0.2, 0) is 21.2 Å². The van der Waals surface area contributed by atoms with Crippen molar-refractivity contribution in [1.29, 1.82) is 0 Å². The lowest BCUT2D eigenvalue weighted by Crippen LogP contribution is -2.41. The molecule has 1 N–H and O–H groups in total. The minimum atomic E-state index is -3.53. The fraction of sp³-hybridized carbons (Fsp3) is 0.650. The number of rotatable bonds is 4. The Labute approximate surface area is 156 Å². The van der Waals surface area contributed by atoms with E-state index in [9.17, 15) is 13.2 Å². The minimum absolute atomic E-state index is 0.0221. The van der Waals surface area contributed by atoms with E-state index in [0.717, 1.165) is 49.8 Å². The molecule has 0 aromatic heterocycles. The van der Waals surface area contributed by atoms with Crippen molar-refractivity contribution in [3.63, 3.8) is 0 Å². The Bertz CT molecular complexity index is 816. The zero-order valence-corrected chi connectivity index (χ0v) is 16.4. The van der Waals surface area contributed by atoms with E-state index in [1.54, 1.807) is 12.1 Å². The van der Waals surface area contributed by atoms with Gasteiger partial charge in [-0.2, -0.15) is 0 Å². The Morgan fingerprint density at radius 1 is 1.12 bits per heavy atom. The van der Waals surface area contributed by atoms with Crippen molar-refractivity contribution in [3.05, 3.63) is 23.8 Å². The first-order chi connectivity index (χ1) is 12.4. The summed E-state index contributed by atoms with van der Waals surface area (Å²) in [6.45, 7) is 4.16. The van der Waals surface area contributed by atoms with Crippen LogP contribution >= 0.6 is 0 Å². The van der Waals surface area contributed by atoms with Gasteiger partial charge in [0, 0.05) is 23.7 Å². The molecule has 4 rings (SSSR count). The second-order valence-electron chi connectivity index (χ2n) is 8.32. The highest BCUT2D eigenvalue weighted by Gasteiger charge is 2.40. The summed E-state index contributed by atoms with van der Waals surface area (Å²) in [7, 11) is -3.53. The molecular formula is C20H28N2O3S. The van der Waals surface area contributed by atoms with Gasteiger partial charge in [0.2, 0.25) is 15.9 Å². The molecule has 6 heteroatoms. The van der Waals surface area contributed by atoms with Gasteiger partial charge in [0.25, 0.3) is 0 Å². The van der Waals surface area contributed by atoms with E-state index in [1.165, 1.54) is 6.42 Å². The summed E-state index contributed by atoms with van der Waals surface area (Å²) in [5.74, 6) is 0.738. The van der Waals surface area contributed by atoms with Gasteiger partial charge in [-0.15, -0.1) is 0 Å². The molecule has 1 heterocycles. The van der Waals surface area contributed by atoms with Crippen LogP contribution in [0.3, 0.4) is 0 Å². The van der Waals surface area contributed by atoms with Gasteiger partial charge in [-0.05, 0) is 68.7 Å². The van der Waals surface area contributed by atoms with Crippen molar-refractivity contribution < 1.29 is 13.2 Å². The second-order valence-corrected chi connectivity index (χ2v) is 10.0. The van der Waals surface area contributed by atoms with Crippen molar-refractivity contribution in [1.82, 2.24) is 4.72 Å². The predicted octanol–water partition coefficient (Wildman–Crippen LogP) is 3.23. The molecule has 0 unspecified atom stereocenters. The van der Waals surface area contributed by atoms with Crippen LogP contribution in [-0.4, -0.2) is 26.4 Å². The minimum Gasteiger partial charge on any atom is -0.309 e. The molecule has 2 fully saturated rings. The summed E-state index contributed by atoms with van der Waals surface area (Å²) in [4.78, 5) is 14.8. The third-order valence-corrected chi connectivity index (χ3v) is 7.65. The lowest BCUT2D eigenvalue weighted by molar-refractivity contribution is -0.120. The fourth-order valence-corrected chi connectivity index (χ4v) is 5.83. The Morgan fingerprint density at radius 2 is 1.85 bits per heavy atom. The molecule has 1 aliphatic heterocycles. The van der Waals surface area contributed by atoms with Gasteiger partial charge in [0.05, 0.1) is 4.90 Å². The van der Waals surface area contributed by atoms with E-state index in [4.69, 9.17) is 0 Å². The Balaban J connectivity index is 1.57. The quantitative estimate of drug-likeness (QED) is 0.877. The zero-order chi connectivity index (χ0) is 18.5. The summed E-state index contributed by atoms with van der Waals surface area (Å²) < 4.78 is 28.7. The number of nitrogens with zero attached hydrogens (tertiary/aromatic N) is 1. The Kier molecular flexibility index (Phi) is 4.59. The van der Waals surface area contributed by atoms with Crippen LogP contribution in [0.5, 0.6) is 0 Å². The maximum Gasteiger partial charge on any atom is 0.240 e. The first kappa shape index (κ1) is 18.0. The molecule has 0 bridgehead atoms. The number of hydrogen-bond acceptors (Lipinski definition) is 3. The molecule has 0 radical (unpaired) electrons. The summed E-state index contributed by atoms with van der Waals surface area (Å²) in [5, 5.41) is 0. The molecular weight excluding hydrogens is 348 g/mol. The molecule has 3 aliphatic rings. The lowest BCUT2D eigenvalue weighted by Gasteiger charge is -2.29. The number of anilines is 1. The number of carbonyl (C=O) groups is 1. The highest BCUT2D eigenvalue weighted by molar-refractivity contribution is 7.89. The average Bonchev–Trinajstić information content (AvgIpc) is 3.38. The number of benzene rings is 1. The third kappa shape index (κ3) is 3.29. The molecule has 142 valence electrons. The molecule has 1 aromatic carbocycles. The molecule has 5 nitrogen and oxygen atoms in total. The molecule has 0 saturated heterocycles.